The van der Waals surface area contributed by atoms with Gasteiger partial charge >= 0.3 is 0 Å². The van der Waals surface area contributed by atoms with Crippen LogP contribution in [0.15, 0.2) is 29.6 Å². The van der Waals surface area contributed by atoms with E-state index in [0.717, 1.165) is 26.2 Å². The fraction of sp³-hybridized carbons (Fsp3) is 0.500. The van der Waals surface area contributed by atoms with Gasteiger partial charge in [0.05, 0.1) is 12.1 Å². The molecule has 0 aliphatic carbocycles. The Hall–Kier alpha value is -1.43. The lowest BCUT2D eigenvalue weighted by molar-refractivity contribution is -0.127. The third kappa shape index (κ3) is 3.57. The van der Waals surface area contributed by atoms with Crippen molar-refractivity contribution in [3.63, 3.8) is 0 Å². The lowest BCUT2D eigenvalue weighted by Gasteiger charge is -2.36. The summed E-state index contributed by atoms with van der Waals surface area (Å²) in [6.07, 6.45) is 0. The van der Waals surface area contributed by atoms with Crippen molar-refractivity contribution >= 4 is 27.3 Å². The first-order valence-electron chi connectivity index (χ1n) is 8.25. The molecule has 3 rings (SSSR count). The highest BCUT2D eigenvalue weighted by Crippen LogP contribution is 2.30. The number of rotatable bonds is 4. The highest BCUT2D eigenvalue weighted by Gasteiger charge is 2.25. The first-order chi connectivity index (χ1) is 11.1. The molecule has 2 aromatic rings. The molecule has 124 valence electrons. The summed E-state index contributed by atoms with van der Waals surface area (Å²) < 4.78 is 1.27. The van der Waals surface area contributed by atoms with E-state index in [9.17, 15) is 4.79 Å². The molecule has 0 bridgehead atoms. The minimum Gasteiger partial charge on any atom is -0.348 e. The third-order valence-electron chi connectivity index (χ3n) is 4.80. The Morgan fingerprint density at radius 2 is 1.87 bits per heavy atom. The van der Waals surface area contributed by atoms with E-state index < -0.39 is 0 Å². The van der Waals surface area contributed by atoms with Gasteiger partial charge in [0.1, 0.15) is 0 Å². The highest BCUT2D eigenvalue weighted by atomic mass is 32.1. The smallest absolute Gasteiger partial charge is 0.237 e. The largest absolute Gasteiger partial charge is 0.348 e. The monoisotopic (exact) mass is 331 g/mol. The Kier molecular flexibility index (Phi) is 4.99. The molecule has 1 aliphatic rings. The van der Waals surface area contributed by atoms with Crippen molar-refractivity contribution in [3.05, 3.63) is 35.2 Å². The maximum Gasteiger partial charge on any atom is 0.237 e. The number of hydrogen-bond acceptors (Lipinski definition) is 4. The van der Waals surface area contributed by atoms with Gasteiger partial charge in [0.2, 0.25) is 5.91 Å². The summed E-state index contributed by atoms with van der Waals surface area (Å²) in [4.78, 5) is 17.2. The van der Waals surface area contributed by atoms with Gasteiger partial charge in [-0.3, -0.25) is 9.69 Å². The third-order valence-corrected chi connectivity index (χ3v) is 5.78. The number of thiophene rings is 1. The number of benzene rings is 1. The average Bonchev–Trinajstić information content (AvgIpc) is 2.99. The van der Waals surface area contributed by atoms with Crippen LogP contribution in [-0.4, -0.2) is 55.0 Å². The molecule has 1 saturated heterocycles. The molecule has 0 spiro atoms. The van der Waals surface area contributed by atoms with Crippen LogP contribution >= 0.6 is 11.3 Å². The molecule has 1 N–H and O–H groups in total. The number of carbonyl (C=O) groups is 1. The molecule has 2 heterocycles. The predicted octanol–water partition coefficient (Wildman–Crippen LogP) is 2.71. The van der Waals surface area contributed by atoms with Crippen LogP contribution in [0, 0.1) is 0 Å². The van der Waals surface area contributed by atoms with Gasteiger partial charge in [0, 0.05) is 30.9 Å². The number of fused-ring (bicyclic) bond motifs is 1. The number of carbonyl (C=O) groups excluding carboxylic acids is 1. The molecule has 5 heteroatoms. The van der Waals surface area contributed by atoms with Gasteiger partial charge in [-0.25, -0.2) is 0 Å². The zero-order chi connectivity index (χ0) is 16.4. The molecule has 1 aromatic heterocycles. The minimum absolute atomic E-state index is 0.0357. The normalized spacial score (nSPS) is 19.6. The number of hydrogen-bond donors (Lipinski definition) is 1. The van der Waals surface area contributed by atoms with E-state index in [1.165, 1.54) is 15.6 Å². The maximum atomic E-state index is 12.6. The predicted molar refractivity (Wildman–Crippen MR) is 96.9 cm³/mol. The van der Waals surface area contributed by atoms with Crippen molar-refractivity contribution in [2.24, 2.45) is 0 Å². The molecule has 1 amide bonds. The van der Waals surface area contributed by atoms with Crippen LogP contribution in [0.1, 0.15) is 25.5 Å². The van der Waals surface area contributed by atoms with Crippen molar-refractivity contribution < 1.29 is 4.79 Å². The second kappa shape index (κ2) is 6.99. The molecule has 23 heavy (non-hydrogen) atoms. The summed E-state index contributed by atoms with van der Waals surface area (Å²) in [5.74, 6) is 0.123. The molecular weight excluding hydrogens is 306 g/mol. The zero-order valence-electron chi connectivity index (χ0n) is 14.1. The summed E-state index contributed by atoms with van der Waals surface area (Å²) in [6.45, 7) is 8.06. The standard InChI is InChI=1S/C18H25N3OS/c1-13(16-12-23-17-7-5-4-6-15(16)17)19-18(22)14(2)21-10-8-20(3)9-11-21/h4-7,12-14H,8-11H2,1-3H3,(H,19,22). The fourth-order valence-electron chi connectivity index (χ4n) is 3.12. The second-order valence-electron chi connectivity index (χ2n) is 6.43. The van der Waals surface area contributed by atoms with Gasteiger partial charge in [-0.05, 0) is 43.3 Å². The quantitative estimate of drug-likeness (QED) is 0.936. The first-order valence-corrected chi connectivity index (χ1v) is 9.13. The van der Waals surface area contributed by atoms with E-state index in [4.69, 9.17) is 0 Å². The molecule has 2 unspecified atom stereocenters. The van der Waals surface area contributed by atoms with Crippen LogP contribution in [-0.2, 0) is 4.79 Å². The SMILES string of the molecule is CC(NC(=O)C(C)N1CCN(C)CC1)c1csc2ccccc12. The van der Waals surface area contributed by atoms with E-state index in [-0.39, 0.29) is 18.0 Å². The van der Waals surface area contributed by atoms with Crippen LogP contribution in [0.25, 0.3) is 10.1 Å². The van der Waals surface area contributed by atoms with Gasteiger partial charge in [-0.1, -0.05) is 18.2 Å². The average molecular weight is 331 g/mol. The molecule has 1 aliphatic heterocycles. The van der Waals surface area contributed by atoms with Crippen LogP contribution in [0.2, 0.25) is 0 Å². The van der Waals surface area contributed by atoms with E-state index in [1.54, 1.807) is 11.3 Å². The first kappa shape index (κ1) is 16.4. The Balaban J connectivity index is 1.65. The summed E-state index contributed by atoms with van der Waals surface area (Å²) in [6, 6.07) is 8.34. The van der Waals surface area contributed by atoms with E-state index in [1.807, 2.05) is 6.92 Å². The lowest BCUT2D eigenvalue weighted by Crippen LogP contribution is -2.53. The van der Waals surface area contributed by atoms with Crippen molar-refractivity contribution in [2.45, 2.75) is 25.9 Å². The molecule has 4 nitrogen and oxygen atoms in total. The summed E-state index contributed by atoms with van der Waals surface area (Å²) in [7, 11) is 2.13. The van der Waals surface area contributed by atoms with Gasteiger partial charge in [-0.15, -0.1) is 11.3 Å². The second-order valence-corrected chi connectivity index (χ2v) is 7.34. The Bertz CT molecular complexity index is 676. The number of piperazine rings is 1. The van der Waals surface area contributed by atoms with Crippen LogP contribution in [0.3, 0.4) is 0 Å². The molecular formula is C18H25N3OS. The van der Waals surface area contributed by atoms with Gasteiger partial charge < -0.3 is 10.2 Å². The summed E-state index contributed by atoms with van der Waals surface area (Å²) >= 11 is 1.74. The molecule has 1 fully saturated rings. The van der Waals surface area contributed by atoms with Gasteiger partial charge in [0.25, 0.3) is 0 Å². The van der Waals surface area contributed by atoms with E-state index in [0.29, 0.717) is 0 Å². The maximum absolute atomic E-state index is 12.6. The zero-order valence-corrected chi connectivity index (χ0v) is 14.9. The van der Waals surface area contributed by atoms with Gasteiger partial charge in [0.15, 0.2) is 0 Å². The molecule has 0 saturated carbocycles. The molecule has 2 atom stereocenters. The Labute approximate surface area is 142 Å². The van der Waals surface area contributed by atoms with E-state index in [2.05, 4.69) is 58.7 Å². The van der Waals surface area contributed by atoms with Crippen LogP contribution in [0.5, 0.6) is 0 Å². The van der Waals surface area contributed by atoms with Crippen molar-refractivity contribution in [1.82, 2.24) is 15.1 Å². The van der Waals surface area contributed by atoms with E-state index >= 15 is 0 Å². The Morgan fingerprint density at radius 1 is 1.17 bits per heavy atom. The van der Waals surface area contributed by atoms with Gasteiger partial charge in [-0.2, -0.15) is 0 Å². The molecule has 0 radical (unpaired) electrons. The van der Waals surface area contributed by atoms with Crippen LogP contribution < -0.4 is 5.32 Å². The topological polar surface area (TPSA) is 35.6 Å². The molecule has 1 aromatic carbocycles. The number of amides is 1. The van der Waals surface area contributed by atoms with Crippen molar-refractivity contribution in [3.8, 4) is 0 Å². The number of nitrogens with zero attached hydrogens (tertiary/aromatic N) is 2. The summed E-state index contributed by atoms with van der Waals surface area (Å²) in [5, 5.41) is 6.61. The number of likely N-dealkylation sites (N-methyl/N-ethyl adjacent to an activating group) is 1. The van der Waals surface area contributed by atoms with Crippen molar-refractivity contribution in [1.29, 1.82) is 0 Å². The number of nitrogens with one attached hydrogen (secondary N) is 1. The Morgan fingerprint density at radius 3 is 2.61 bits per heavy atom. The highest BCUT2D eigenvalue weighted by molar-refractivity contribution is 7.17. The minimum atomic E-state index is -0.0731. The summed E-state index contributed by atoms with van der Waals surface area (Å²) in [5.41, 5.74) is 1.21. The lowest BCUT2D eigenvalue weighted by atomic mass is 10.1. The van der Waals surface area contributed by atoms with Crippen LogP contribution in [0.4, 0.5) is 0 Å². The van der Waals surface area contributed by atoms with Crippen molar-refractivity contribution in [2.75, 3.05) is 33.2 Å². The fourth-order valence-corrected chi connectivity index (χ4v) is 4.18.